The summed E-state index contributed by atoms with van der Waals surface area (Å²) in [6, 6.07) is 0. The molecule has 0 aliphatic carbocycles. The third-order valence-electron chi connectivity index (χ3n) is 0. The first kappa shape index (κ1) is 45.5. The largest absolute Gasteiger partial charge is 0.693 e. The zero-order valence-electron chi connectivity index (χ0n) is 2.79. The summed E-state index contributed by atoms with van der Waals surface area (Å²) in [7, 11) is 0. The molecule has 38 valence electrons. The summed E-state index contributed by atoms with van der Waals surface area (Å²) in [5.74, 6) is 0. The number of rotatable bonds is 0. The predicted molar refractivity (Wildman–Crippen MR) is 15.2 cm³/mol. The molecular weight excluding hydrogens is 261 g/mol. The molecule has 0 atom stereocenters. The number of hydrogen-bond donors (Lipinski definition) is 0. The smallest absolute Gasteiger partial charge is 0 e. The van der Waals surface area contributed by atoms with Crippen LogP contribution < -0.4 is 0 Å². The second-order valence-electron chi connectivity index (χ2n) is 0. The fraction of sp³-hybridized carbons (Fsp3) is 0. The molecule has 0 spiro atoms. The van der Waals surface area contributed by atoms with Crippen molar-refractivity contribution >= 4 is 0 Å². The van der Waals surface area contributed by atoms with Crippen molar-refractivity contribution in [1.29, 1.82) is 10.5 Å². The van der Waals surface area contributed by atoms with Crippen LogP contribution in [-0.2, 0) is 21.1 Å². The van der Waals surface area contributed by atoms with Crippen LogP contribution >= 0.6 is 0 Å². The number of nitrogens with two attached hydrogens (primary N) is 1. The second-order valence-corrected chi connectivity index (χ2v) is 0. The zero-order chi connectivity index (χ0) is 4.00. The molecule has 0 radical (unpaired) electrons. The normalized spacial score (nSPS) is 0.667. The van der Waals surface area contributed by atoms with E-state index in [0.29, 0.717) is 0 Å². The van der Waals surface area contributed by atoms with Crippen LogP contribution in [0.25, 0.3) is 6.15 Å². The van der Waals surface area contributed by atoms with E-state index in [9.17, 15) is 0 Å². The molecule has 0 fully saturated rings. The molecule has 2 N–H and O–H groups in total. The fourth-order valence-corrected chi connectivity index (χ4v) is 0. The summed E-state index contributed by atoms with van der Waals surface area (Å²) in [6.07, 6.45) is 0. The van der Waals surface area contributed by atoms with Gasteiger partial charge >= 0.3 is 0 Å². The van der Waals surface area contributed by atoms with Crippen molar-refractivity contribution in [1.82, 2.24) is 0 Å². The monoisotopic (exact) mass is 263 g/mol. The maximum Gasteiger partial charge on any atom is 0 e. The summed E-state index contributed by atoms with van der Waals surface area (Å²) >= 11 is 0. The molecule has 0 rings (SSSR count). The topological polar surface area (TPSA) is 81.1 Å². The van der Waals surface area contributed by atoms with Gasteiger partial charge in [-0.05, 0) is 0 Å². The Balaban J connectivity index is -0.00000000500. The number of nitrogens with zero attached hydrogens (tertiary/aromatic N) is 2. The van der Waals surface area contributed by atoms with Gasteiger partial charge in [0.25, 0.3) is 0 Å². The van der Waals surface area contributed by atoms with E-state index in [1.807, 2.05) is 0 Å². The van der Waals surface area contributed by atoms with Gasteiger partial charge in [-0.15, -0.1) is 0 Å². The third kappa shape index (κ3) is 181. The van der Waals surface area contributed by atoms with Crippen LogP contribution in [0.5, 0.6) is 0 Å². The van der Waals surface area contributed by atoms with Crippen LogP contribution in [0.15, 0.2) is 0 Å². The van der Waals surface area contributed by atoms with E-state index in [1.165, 1.54) is 0 Å². The Morgan fingerprint density at radius 3 is 0.833 bits per heavy atom. The van der Waals surface area contributed by atoms with Gasteiger partial charge in [-0.2, -0.15) is 0 Å². The molecule has 0 aliphatic rings. The SMILES string of the molecule is [C-]#N.[C-]#N.[NH2-].[Pt]. The van der Waals surface area contributed by atoms with Gasteiger partial charge in [0.2, 0.25) is 0 Å². The Morgan fingerprint density at radius 1 is 0.833 bits per heavy atom. The molecule has 3 nitrogen and oxygen atoms in total. The van der Waals surface area contributed by atoms with Crippen molar-refractivity contribution in [3.63, 3.8) is 0 Å². The van der Waals surface area contributed by atoms with Crippen molar-refractivity contribution in [2.75, 3.05) is 0 Å². The van der Waals surface area contributed by atoms with Crippen molar-refractivity contribution in [3.8, 4) is 0 Å². The van der Waals surface area contributed by atoms with Gasteiger partial charge < -0.3 is 29.8 Å². The van der Waals surface area contributed by atoms with Gasteiger partial charge in [-0.25, -0.2) is 0 Å². The van der Waals surface area contributed by atoms with Crippen LogP contribution in [0.4, 0.5) is 0 Å². The van der Waals surface area contributed by atoms with Crippen molar-refractivity contribution in [3.05, 3.63) is 19.3 Å². The molecule has 0 saturated carbocycles. The molecule has 0 aromatic heterocycles. The minimum atomic E-state index is 0. The summed E-state index contributed by atoms with van der Waals surface area (Å²) in [5, 5.41) is 12.5. The van der Waals surface area contributed by atoms with Crippen LogP contribution in [0.1, 0.15) is 0 Å². The molecule has 0 amide bonds. The van der Waals surface area contributed by atoms with E-state index < -0.39 is 0 Å². The van der Waals surface area contributed by atoms with E-state index in [1.54, 1.807) is 0 Å². The Bertz CT molecular complexity index is 24.3. The molecule has 0 aromatic carbocycles. The average molecular weight is 263 g/mol. The molecular formula is C2H2N3Pt-3. The maximum atomic E-state index is 6.25. The molecule has 4 heteroatoms. The minimum absolute atomic E-state index is 0. The predicted octanol–water partition coefficient (Wildman–Crippen LogP) is 0.907. The molecule has 0 bridgehead atoms. The summed E-state index contributed by atoms with van der Waals surface area (Å²) in [4.78, 5) is 0. The van der Waals surface area contributed by atoms with Gasteiger partial charge in [-0.3, -0.25) is 0 Å². The Morgan fingerprint density at radius 2 is 0.833 bits per heavy atom. The van der Waals surface area contributed by atoms with E-state index in [-0.39, 0.29) is 27.2 Å². The van der Waals surface area contributed by atoms with Crippen LogP contribution in [0.3, 0.4) is 0 Å². The minimum Gasteiger partial charge on any atom is -0.693 e. The first-order chi connectivity index (χ1) is 2.00. The summed E-state index contributed by atoms with van der Waals surface area (Å²) < 4.78 is 0. The molecule has 0 saturated heterocycles. The summed E-state index contributed by atoms with van der Waals surface area (Å²) in [6.45, 7) is 9.50. The molecule has 0 unspecified atom stereocenters. The number of hydrogen-bond acceptors (Lipinski definition) is 2. The Labute approximate surface area is 51.4 Å². The van der Waals surface area contributed by atoms with Crippen molar-refractivity contribution in [2.45, 2.75) is 0 Å². The molecule has 0 heterocycles. The van der Waals surface area contributed by atoms with E-state index in [2.05, 4.69) is 0 Å². The van der Waals surface area contributed by atoms with Gasteiger partial charge in [-0.1, -0.05) is 0 Å². The average Bonchev–Trinajstić information content (AvgIpc) is 1.50. The van der Waals surface area contributed by atoms with Crippen LogP contribution in [0, 0.1) is 23.7 Å². The standard InChI is InChI=1S/2CN.H2N.Pt/c2*1-2;;/h;;1H2;/q3*-1;. The van der Waals surface area contributed by atoms with Crippen LogP contribution in [-0.4, -0.2) is 0 Å². The second kappa shape index (κ2) is 441. The Hall–Kier alpha value is -0.372. The van der Waals surface area contributed by atoms with E-state index in [4.69, 9.17) is 23.7 Å². The molecule has 6 heavy (non-hydrogen) atoms. The van der Waals surface area contributed by atoms with E-state index in [0.717, 1.165) is 0 Å². The Kier molecular flexibility index (Phi) is 3340. The molecule has 0 aliphatic heterocycles. The van der Waals surface area contributed by atoms with Crippen molar-refractivity contribution in [2.24, 2.45) is 0 Å². The fourth-order valence-electron chi connectivity index (χ4n) is 0. The zero-order valence-corrected chi connectivity index (χ0v) is 5.06. The quantitative estimate of drug-likeness (QED) is 0.608. The first-order valence-corrected chi connectivity index (χ1v) is 0.447. The first-order valence-electron chi connectivity index (χ1n) is 0.447. The van der Waals surface area contributed by atoms with Gasteiger partial charge in [0, 0.05) is 21.1 Å². The van der Waals surface area contributed by atoms with Gasteiger partial charge in [0.1, 0.15) is 0 Å². The van der Waals surface area contributed by atoms with Crippen LogP contribution in [0.2, 0.25) is 0 Å². The van der Waals surface area contributed by atoms with Gasteiger partial charge in [0.15, 0.2) is 0 Å². The molecule has 0 aromatic rings. The van der Waals surface area contributed by atoms with Crippen molar-refractivity contribution < 1.29 is 21.1 Å². The van der Waals surface area contributed by atoms with E-state index >= 15 is 0 Å². The van der Waals surface area contributed by atoms with Gasteiger partial charge in [0.05, 0.1) is 0 Å². The third-order valence-corrected chi connectivity index (χ3v) is 0. The summed E-state index contributed by atoms with van der Waals surface area (Å²) in [5.41, 5.74) is 0. The maximum absolute atomic E-state index is 6.25.